The van der Waals surface area contributed by atoms with Gasteiger partial charge in [-0.3, -0.25) is 4.79 Å². The average Bonchev–Trinajstić information content (AvgIpc) is 3.23. The van der Waals surface area contributed by atoms with Crippen LogP contribution in [0.1, 0.15) is 29.6 Å². The number of aromatic nitrogens is 1. The summed E-state index contributed by atoms with van der Waals surface area (Å²) in [7, 11) is -1.60. The fourth-order valence-electron chi connectivity index (χ4n) is 3.10. The maximum Gasteiger partial charge on any atom is 0.361 e. The van der Waals surface area contributed by atoms with Crippen molar-refractivity contribution in [2.45, 2.75) is 32.4 Å². The lowest BCUT2D eigenvalue weighted by atomic mass is 10.2. The van der Waals surface area contributed by atoms with Crippen molar-refractivity contribution in [3.8, 4) is 11.5 Å². The van der Waals surface area contributed by atoms with Gasteiger partial charge in [0.15, 0.2) is 21.6 Å². The molecule has 1 saturated heterocycles. The van der Waals surface area contributed by atoms with E-state index in [2.05, 4.69) is 4.98 Å². The monoisotopic (exact) mass is 406 g/mol. The number of sulfone groups is 1. The molecule has 1 fully saturated rings. The summed E-state index contributed by atoms with van der Waals surface area (Å²) in [4.78, 5) is 30.5. The molecule has 0 aliphatic carbocycles. The lowest BCUT2D eigenvalue weighted by Gasteiger charge is -2.26. The molecule has 2 unspecified atom stereocenters. The Labute approximate surface area is 163 Å². The predicted molar refractivity (Wildman–Crippen MR) is 101 cm³/mol. The van der Waals surface area contributed by atoms with Crippen LogP contribution in [-0.2, 0) is 19.4 Å². The van der Waals surface area contributed by atoms with Crippen LogP contribution in [0.4, 0.5) is 0 Å². The van der Waals surface area contributed by atoms with Crippen molar-refractivity contribution in [3.05, 3.63) is 41.8 Å². The molecule has 1 amide bonds. The Morgan fingerprint density at radius 3 is 2.57 bits per heavy atom. The molecule has 9 heteroatoms. The van der Waals surface area contributed by atoms with E-state index in [1.54, 1.807) is 19.1 Å². The smallest absolute Gasteiger partial charge is 0.361 e. The Bertz CT molecular complexity index is 983. The van der Waals surface area contributed by atoms with Crippen LogP contribution in [0.3, 0.4) is 0 Å². The topological polar surface area (TPSA) is 107 Å². The van der Waals surface area contributed by atoms with Gasteiger partial charge >= 0.3 is 5.97 Å². The van der Waals surface area contributed by atoms with Gasteiger partial charge in [-0.2, -0.15) is 0 Å². The summed E-state index contributed by atoms with van der Waals surface area (Å²) in [5.74, 6) is -0.657. The summed E-state index contributed by atoms with van der Waals surface area (Å²) in [5, 5.41) is 0. The molecule has 0 spiro atoms. The van der Waals surface area contributed by atoms with Crippen LogP contribution >= 0.6 is 0 Å². The summed E-state index contributed by atoms with van der Waals surface area (Å²) in [6.45, 7) is 3.05. The van der Waals surface area contributed by atoms with Gasteiger partial charge in [0.1, 0.15) is 5.76 Å². The fraction of sp³-hybridized carbons (Fsp3) is 0.421. The first-order chi connectivity index (χ1) is 13.2. The average molecular weight is 406 g/mol. The molecule has 2 aromatic rings. The Morgan fingerprint density at radius 2 is 1.96 bits per heavy atom. The number of ether oxygens (including phenoxy) is 1. The summed E-state index contributed by atoms with van der Waals surface area (Å²) in [6.07, 6.45) is -0.689. The molecule has 1 aliphatic heterocycles. The lowest BCUT2D eigenvalue weighted by molar-refractivity contribution is -0.140. The van der Waals surface area contributed by atoms with Gasteiger partial charge in [-0.05, 0) is 32.4 Å². The second-order valence-electron chi connectivity index (χ2n) is 6.84. The number of rotatable bonds is 5. The third-order valence-electron chi connectivity index (χ3n) is 4.75. The zero-order valence-electron chi connectivity index (χ0n) is 15.9. The number of hydrogen-bond acceptors (Lipinski definition) is 7. The summed E-state index contributed by atoms with van der Waals surface area (Å²) in [6, 6.07) is 8.71. The van der Waals surface area contributed by atoms with Gasteiger partial charge in [0.05, 0.1) is 11.5 Å². The molecule has 1 aliphatic rings. The van der Waals surface area contributed by atoms with E-state index >= 15 is 0 Å². The van der Waals surface area contributed by atoms with Crippen molar-refractivity contribution in [1.82, 2.24) is 9.88 Å². The minimum Gasteiger partial charge on any atom is -0.448 e. The molecule has 0 radical (unpaired) electrons. The van der Waals surface area contributed by atoms with E-state index < -0.39 is 33.9 Å². The summed E-state index contributed by atoms with van der Waals surface area (Å²) in [5.41, 5.74) is 0.723. The number of amides is 1. The third-order valence-corrected chi connectivity index (χ3v) is 6.50. The predicted octanol–water partition coefficient (Wildman–Crippen LogP) is 1.84. The molecule has 1 aromatic heterocycles. The fourth-order valence-corrected chi connectivity index (χ4v) is 4.88. The van der Waals surface area contributed by atoms with Crippen molar-refractivity contribution in [3.63, 3.8) is 0 Å². The highest BCUT2D eigenvalue weighted by Crippen LogP contribution is 2.23. The molecule has 1 aromatic carbocycles. The van der Waals surface area contributed by atoms with E-state index in [9.17, 15) is 18.0 Å². The van der Waals surface area contributed by atoms with Gasteiger partial charge in [0, 0.05) is 18.7 Å². The Morgan fingerprint density at radius 1 is 1.29 bits per heavy atom. The molecule has 2 atom stereocenters. The second-order valence-corrected chi connectivity index (χ2v) is 9.07. The van der Waals surface area contributed by atoms with Crippen LogP contribution in [0.15, 0.2) is 34.7 Å². The molecule has 150 valence electrons. The number of esters is 1. The number of oxazole rings is 1. The van der Waals surface area contributed by atoms with E-state index in [1.807, 2.05) is 18.2 Å². The van der Waals surface area contributed by atoms with Gasteiger partial charge in [0.2, 0.25) is 5.89 Å². The van der Waals surface area contributed by atoms with E-state index in [0.29, 0.717) is 12.2 Å². The molecule has 2 heterocycles. The third kappa shape index (κ3) is 4.24. The highest BCUT2D eigenvalue weighted by molar-refractivity contribution is 7.91. The molecular weight excluding hydrogens is 384 g/mol. The molecule has 0 N–H and O–H groups in total. The molecule has 0 bridgehead atoms. The van der Waals surface area contributed by atoms with Crippen molar-refractivity contribution in [1.29, 1.82) is 0 Å². The minimum atomic E-state index is -3.12. The van der Waals surface area contributed by atoms with Gasteiger partial charge in [0.25, 0.3) is 5.91 Å². The zero-order valence-corrected chi connectivity index (χ0v) is 16.7. The highest BCUT2D eigenvalue weighted by Gasteiger charge is 2.35. The number of benzene rings is 1. The van der Waals surface area contributed by atoms with Gasteiger partial charge in [-0.25, -0.2) is 18.2 Å². The van der Waals surface area contributed by atoms with Crippen molar-refractivity contribution in [2.75, 3.05) is 18.6 Å². The van der Waals surface area contributed by atoms with E-state index in [1.165, 1.54) is 18.9 Å². The minimum absolute atomic E-state index is 0.00426. The molecular formula is C19H22N2O6S. The standard InChI is InChI=1S/C19H22N2O6S/c1-12-16(20-17(26-12)14-7-5-4-6-8-14)19(23)27-13(2)18(22)21(3)15-9-10-28(24,25)11-15/h4-8,13,15H,9-11H2,1-3H3. The number of likely N-dealkylation sites (N-methyl/N-ethyl adjacent to an activating group) is 1. The number of hydrogen-bond donors (Lipinski definition) is 0. The van der Waals surface area contributed by atoms with Crippen LogP contribution in [0, 0.1) is 6.92 Å². The summed E-state index contributed by atoms with van der Waals surface area (Å²) >= 11 is 0. The van der Waals surface area contributed by atoms with E-state index in [4.69, 9.17) is 9.15 Å². The Hall–Kier alpha value is -2.68. The van der Waals surface area contributed by atoms with E-state index in [-0.39, 0.29) is 23.1 Å². The van der Waals surface area contributed by atoms with Gasteiger partial charge in [-0.1, -0.05) is 18.2 Å². The maximum atomic E-state index is 12.5. The van der Waals surface area contributed by atoms with Crippen LogP contribution in [0.2, 0.25) is 0 Å². The largest absolute Gasteiger partial charge is 0.448 e. The molecule has 3 rings (SSSR count). The zero-order chi connectivity index (χ0) is 20.5. The van der Waals surface area contributed by atoms with Crippen LogP contribution in [0.5, 0.6) is 0 Å². The number of carbonyl (C=O) groups excluding carboxylic acids is 2. The first-order valence-electron chi connectivity index (χ1n) is 8.89. The second kappa shape index (κ2) is 7.75. The van der Waals surface area contributed by atoms with Gasteiger partial charge < -0.3 is 14.1 Å². The Balaban J connectivity index is 1.67. The first-order valence-corrected chi connectivity index (χ1v) is 10.7. The Kier molecular flexibility index (Phi) is 5.55. The molecule has 0 saturated carbocycles. The van der Waals surface area contributed by atoms with Crippen LogP contribution in [0.25, 0.3) is 11.5 Å². The molecule has 28 heavy (non-hydrogen) atoms. The number of carbonyl (C=O) groups is 2. The number of aryl methyl sites for hydroxylation is 1. The van der Waals surface area contributed by atoms with Gasteiger partial charge in [-0.15, -0.1) is 0 Å². The van der Waals surface area contributed by atoms with Crippen molar-refractivity contribution >= 4 is 21.7 Å². The maximum absolute atomic E-state index is 12.5. The number of nitrogens with zero attached hydrogens (tertiary/aromatic N) is 2. The van der Waals surface area contributed by atoms with Crippen molar-refractivity contribution < 1.29 is 27.2 Å². The quantitative estimate of drug-likeness (QED) is 0.697. The summed E-state index contributed by atoms with van der Waals surface area (Å²) < 4.78 is 34.0. The first kappa shape index (κ1) is 20.1. The lowest BCUT2D eigenvalue weighted by Crippen LogP contribution is -2.44. The van der Waals surface area contributed by atoms with Crippen LogP contribution < -0.4 is 0 Å². The van der Waals surface area contributed by atoms with Crippen LogP contribution in [-0.4, -0.2) is 60.9 Å². The normalized spacial score (nSPS) is 19.2. The highest BCUT2D eigenvalue weighted by atomic mass is 32.2. The SMILES string of the molecule is Cc1oc(-c2ccccc2)nc1C(=O)OC(C)C(=O)N(C)C1CCS(=O)(=O)C1. The molecule has 8 nitrogen and oxygen atoms in total. The van der Waals surface area contributed by atoms with Crippen molar-refractivity contribution in [2.24, 2.45) is 0 Å². The van der Waals surface area contributed by atoms with E-state index in [0.717, 1.165) is 5.56 Å².